The largest absolute Gasteiger partial charge is 0.352 e. The number of benzene rings is 1. The lowest BCUT2D eigenvalue weighted by atomic mass is 10.1. The molecule has 0 aliphatic carbocycles. The van der Waals surface area contributed by atoms with Crippen LogP contribution in [0.1, 0.15) is 30.6 Å². The maximum Gasteiger partial charge on any atom is 0.251 e. The van der Waals surface area contributed by atoms with E-state index in [1.54, 1.807) is 12.4 Å². The molecule has 1 aromatic carbocycles. The van der Waals surface area contributed by atoms with Gasteiger partial charge in [0.1, 0.15) is 5.82 Å². The fourth-order valence-corrected chi connectivity index (χ4v) is 1.78. The molecule has 0 aliphatic heterocycles. The number of imidazole rings is 1. The topological polar surface area (TPSA) is 57.8 Å². The van der Waals surface area contributed by atoms with Gasteiger partial charge in [-0.1, -0.05) is 26.0 Å². The fraction of sp³-hybridized carbons (Fsp3) is 0.333. The van der Waals surface area contributed by atoms with Crippen molar-refractivity contribution in [1.29, 1.82) is 0 Å². The zero-order valence-electron chi connectivity index (χ0n) is 11.3. The number of nitrogens with one attached hydrogen (secondary N) is 2. The molecule has 2 rings (SSSR count). The minimum Gasteiger partial charge on any atom is -0.352 e. The smallest absolute Gasteiger partial charge is 0.251 e. The number of nitrogens with zero attached hydrogens (tertiary/aromatic N) is 1. The van der Waals surface area contributed by atoms with E-state index >= 15 is 0 Å². The number of H-pyrrole nitrogens is 1. The molecule has 0 fully saturated rings. The van der Waals surface area contributed by atoms with Crippen molar-refractivity contribution in [2.24, 2.45) is 5.92 Å². The highest BCUT2D eigenvalue weighted by Crippen LogP contribution is 2.14. The predicted octanol–water partition coefficient (Wildman–Crippen LogP) is 2.85. The van der Waals surface area contributed by atoms with Crippen LogP contribution in [0, 0.1) is 5.92 Å². The Morgan fingerprint density at radius 1 is 1.32 bits per heavy atom. The normalized spacial score (nSPS) is 10.7. The molecule has 1 amide bonds. The molecule has 0 saturated carbocycles. The Morgan fingerprint density at radius 3 is 2.63 bits per heavy atom. The first kappa shape index (κ1) is 13.3. The Hall–Kier alpha value is -2.10. The van der Waals surface area contributed by atoms with Gasteiger partial charge in [0.25, 0.3) is 5.91 Å². The summed E-state index contributed by atoms with van der Waals surface area (Å²) in [7, 11) is 0. The number of hydrogen-bond donors (Lipinski definition) is 2. The third-order valence-electron chi connectivity index (χ3n) is 2.93. The maximum atomic E-state index is 11.9. The van der Waals surface area contributed by atoms with Crippen LogP contribution >= 0.6 is 0 Å². The SMILES string of the molecule is CC(C)CCNC(=O)c1ccc(-c2ncc[nH]2)cc1. The highest BCUT2D eigenvalue weighted by atomic mass is 16.1. The maximum absolute atomic E-state index is 11.9. The first-order valence-electron chi connectivity index (χ1n) is 6.55. The molecule has 0 radical (unpaired) electrons. The first-order chi connectivity index (χ1) is 9.16. The van der Waals surface area contributed by atoms with Gasteiger partial charge < -0.3 is 10.3 Å². The van der Waals surface area contributed by atoms with E-state index in [0.29, 0.717) is 11.5 Å². The van der Waals surface area contributed by atoms with Crippen LogP contribution in [-0.2, 0) is 0 Å². The minimum atomic E-state index is -0.0216. The Morgan fingerprint density at radius 2 is 2.05 bits per heavy atom. The molecule has 4 nitrogen and oxygen atoms in total. The first-order valence-corrected chi connectivity index (χ1v) is 6.55. The van der Waals surface area contributed by atoms with Gasteiger partial charge in [-0.05, 0) is 24.5 Å². The van der Waals surface area contributed by atoms with Gasteiger partial charge in [-0.2, -0.15) is 0 Å². The van der Waals surface area contributed by atoms with E-state index in [4.69, 9.17) is 0 Å². The zero-order chi connectivity index (χ0) is 13.7. The molecule has 2 aromatic rings. The van der Waals surface area contributed by atoms with Gasteiger partial charge in [-0.3, -0.25) is 4.79 Å². The Balaban J connectivity index is 1.96. The van der Waals surface area contributed by atoms with Crippen LogP contribution in [0.2, 0.25) is 0 Å². The van der Waals surface area contributed by atoms with Crippen LogP contribution in [0.15, 0.2) is 36.7 Å². The summed E-state index contributed by atoms with van der Waals surface area (Å²) in [6, 6.07) is 7.44. The number of carbonyl (C=O) groups excluding carboxylic acids is 1. The summed E-state index contributed by atoms with van der Waals surface area (Å²) in [6.45, 7) is 5.01. The average Bonchev–Trinajstić information content (AvgIpc) is 2.92. The minimum absolute atomic E-state index is 0.0216. The van der Waals surface area contributed by atoms with E-state index in [2.05, 4.69) is 29.1 Å². The van der Waals surface area contributed by atoms with Crippen LogP contribution in [0.3, 0.4) is 0 Å². The molecule has 2 N–H and O–H groups in total. The number of carbonyl (C=O) groups is 1. The molecular formula is C15H19N3O. The second-order valence-electron chi connectivity index (χ2n) is 4.95. The van der Waals surface area contributed by atoms with Crippen molar-refractivity contribution in [3.63, 3.8) is 0 Å². The lowest BCUT2D eigenvalue weighted by Gasteiger charge is -2.07. The zero-order valence-corrected chi connectivity index (χ0v) is 11.3. The molecule has 0 bridgehead atoms. The third kappa shape index (κ3) is 3.68. The molecule has 100 valence electrons. The van der Waals surface area contributed by atoms with Crippen LogP contribution in [0.4, 0.5) is 0 Å². The van der Waals surface area contributed by atoms with Crippen molar-refractivity contribution in [2.45, 2.75) is 20.3 Å². The molecule has 0 aliphatic rings. The molecule has 1 aromatic heterocycles. The number of amides is 1. The summed E-state index contributed by atoms with van der Waals surface area (Å²) in [5.74, 6) is 1.39. The summed E-state index contributed by atoms with van der Waals surface area (Å²) in [5, 5.41) is 2.92. The summed E-state index contributed by atoms with van der Waals surface area (Å²) >= 11 is 0. The van der Waals surface area contributed by atoms with Gasteiger partial charge in [-0.25, -0.2) is 4.98 Å². The van der Waals surface area contributed by atoms with Crippen molar-refractivity contribution in [1.82, 2.24) is 15.3 Å². The van der Waals surface area contributed by atoms with Gasteiger partial charge in [0.15, 0.2) is 0 Å². The molecule has 0 spiro atoms. The molecule has 0 saturated heterocycles. The van der Waals surface area contributed by atoms with E-state index in [0.717, 1.165) is 24.4 Å². The number of hydrogen-bond acceptors (Lipinski definition) is 2. The number of aromatic amines is 1. The monoisotopic (exact) mass is 257 g/mol. The average molecular weight is 257 g/mol. The lowest BCUT2D eigenvalue weighted by molar-refractivity contribution is 0.0952. The van der Waals surface area contributed by atoms with E-state index < -0.39 is 0 Å². The lowest BCUT2D eigenvalue weighted by Crippen LogP contribution is -2.25. The van der Waals surface area contributed by atoms with E-state index in [-0.39, 0.29) is 5.91 Å². The van der Waals surface area contributed by atoms with Crippen LogP contribution < -0.4 is 5.32 Å². The number of aromatic nitrogens is 2. The molecule has 19 heavy (non-hydrogen) atoms. The van der Waals surface area contributed by atoms with E-state index in [9.17, 15) is 4.79 Å². The Bertz CT molecular complexity index is 515. The van der Waals surface area contributed by atoms with Gasteiger partial charge >= 0.3 is 0 Å². The highest BCUT2D eigenvalue weighted by molar-refractivity contribution is 5.94. The van der Waals surface area contributed by atoms with Crippen LogP contribution in [-0.4, -0.2) is 22.4 Å². The standard InChI is InChI=1S/C15H19N3O/c1-11(2)7-8-18-15(19)13-5-3-12(4-6-13)14-16-9-10-17-14/h3-6,9-11H,7-8H2,1-2H3,(H,16,17)(H,18,19). The second-order valence-corrected chi connectivity index (χ2v) is 4.95. The summed E-state index contributed by atoms with van der Waals surface area (Å²) in [6.07, 6.45) is 4.49. The summed E-state index contributed by atoms with van der Waals surface area (Å²) in [4.78, 5) is 19.1. The summed E-state index contributed by atoms with van der Waals surface area (Å²) < 4.78 is 0. The van der Waals surface area contributed by atoms with Crippen molar-refractivity contribution >= 4 is 5.91 Å². The number of rotatable bonds is 5. The summed E-state index contributed by atoms with van der Waals surface area (Å²) in [5.41, 5.74) is 1.66. The highest BCUT2D eigenvalue weighted by Gasteiger charge is 2.06. The Kier molecular flexibility index (Phi) is 4.34. The second kappa shape index (κ2) is 6.18. The van der Waals surface area contributed by atoms with Crippen molar-refractivity contribution in [2.75, 3.05) is 6.54 Å². The van der Waals surface area contributed by atoms with E-state index in [1.807, 2.05) is 24.3 Å². The van der Waals surface area contributed by atoms with E-state index in [1.165, 1.54) is 0 Å². The molecule has 0 atom stereocenters. The van der Waals surface area contributed by atoms with Gasteiger partial charge in [0.2, 0.25) is 0 Å². The molecule has 4 heteroatoms. The molecule has 0 unspecified atom stereocenters. The van der Waals surface area contributed by atoms with Crippen LogP contribution in [0.5, 0.6) is 0 Å². The van der Waals surface area contributed by atoms with Gasteiger partial charge in [0, 0.05) is 30.1 Å². The van der Waals surface area contributed by atoms with Crippen molar-refractivity contribution in [3.05, 3.63) is 42.2 Å². The molecular weight excluding hydrogens is 238 g/mol. The Labute approximate surface area is 113 Å². The fourth-order valence-electron chi connectivity index (χ4n) is 1.78. The van der Waals surface area contributed by atoms with Crippen molar-refractivity contribution < 1.29 is 4.79 Å². The van der Waals surface area contributed by atoms with Crippen molar-refractivity contribution in [3.8, 4) is 11.4 Å². The quantitative estimate of drug-likeness (QED) is 0.865. The molecule has 1 heterocycles. The third-order valence-corrected chi connectivity index (χ3v) is 2.93. The van der Waals surface area contributed by atoms with Crippen LogP contribution in [0.25, 0.3) is 11.4 Å². The van der Waals surface area contributed by atoms with Gasteiger partial charge in [-0.15, -0.1) is 0 Å². The van der Waals surface area contributed by atoms with Gasteiger partial charge in [0.05, 0.1) is 0 Å². The predicted molar refractivity (Wildman–Crippen MR) is 75.8 cm³/mol.